The van der Waals surface area contributed by atoms with Gasteiger partial charge in [-0.25, -0.2) is 9.78 Å². The van der Waals surface area contributed by atoms with E-state index in [-0.39, 0.29) is 5.56 Å². The normalized spacial score (nSPS) is 12.8. The molecular formula is C14H18N2O2. The lowest BCUT2D eigenvalue weighted by molar-refractivity contribution is 0.0699. The first-order valence-electron chi connectivity index (χ1n) is 6.34. The van der Waals surface area contributed by atoms with E-state index in [9.17, 15) is 4.79 Å². The van der Waals surface area contributed by atoms with Crippen molar-refractivity contribution in [1.82, 2.24) is 9.55 Å². The summed E-state index contributed by atoms with van der Waals surface area (Å²) in [6, 6.07) is 5.64. The SMILES string of the molecule is CCCCC(C)n1cnc2c(C(=O)O)cccc21. The molecule has 0 bridgehead atoms. The molecule has 1 aromatic carbocycles. The van der Waals surface area contributed by atoms with Crippen LogP contribution in [0, 0.1) is 0 Å². The Labute approximate surface area is 106 Å². The van der Waals surface area contributed by atoms with Crippen LogP contribution >= 0.6 is 0 Å². The van der Waals surface area contributed by atoms with Crippen molar-refractivity contribution in [3.05, 3.63) is 30.1 Å². The highest BCUT2D eigenvalue weighted by atomic mass is 16.4. The third-order valence-corrected chi connectivity index (χ3v) is 3.28. The molecule has 18 heavy (non-hydrogen) atoms. The van der Waals surface area contributed by atoms with Gasteiger partial charge < -0.3 is 9.67 Å². The van der Waals surface area contributed by atoms with Crippen LogP contribution in [-0.2, 0) is 0 Å². The van der Waals surface area contributed by atoms with E-state index < -0.39 is 5.97 Å². The van der Waals surface area contributed by atoms with Crippen LogP contribution in [0.5, 0.6) is 0 Å². The maximum absolute atomic E-state index is 11.1. The van der Waals surface area contributed by atoms with E-state index in [2.05, 4.69) is 23.4 Å². The number of para-hydroxylation sites is 1. The highest BCUT2D eigenvalue weighted by molar-refractivity contribution is 6.00. The number of imidazole rings is 1. The molecule has 0 aliphatic heterocycles. The maximum Gasteiger partial charge on any atom is 0.337 e. The van der Waals surface area contributed by atoms with Crippen molar-refractivity contribution in [2.45, 2.75) is 39.2 Å². The van der Waals surface area contributed by atoms with Crippen LogP contribution < -0.4 is 0 Å². The van der Waals surface area contributed by atoms with Crippen LogP contribution in [0.15, 0.2) is 24.5 Å². The fourth-order valence-electron chi connectivity index (χ4n) is 2.22. The van der Waals surface area contributed by atoms with Crippen molar-refractivity contribution in [3.63, 3.8) is 0 Å². The Morgan fingerprint density at radius 2 is 2.28 bits per heavy atom. The fraction of sp³-hybridized carbons (Fsp3) is 0.429. The Morgan fingerprint density at radius 3 is 2.94 bits per heavy atom. The Hall–Kier alpha value is -1.84. The van der Waals surface area contributed by atoms with Crippen molar-refractivity contribution >= 4 is 17.0 Å². The number of hydrogen-bond acceptors (Lipinski definition) is 2. The largest absolute Gasteiger partial charge is 0.478 e. The summed E-state index contributed by atoms with van der Waals surface area (Å²) in [4.78, 5) is 15.4. The predicted molar refractivity (Wildman–Crippen MR) is 70.9 cm³/mol. The number of unbranched alkanes of at least 4 members (excludes halogenated alkanes) is 1. The van der Waals surface area contributed by atoms with Crippen LogP contribution in [0.2, 0.25) is 0 Å². The van der Waals surface area contributed by atoms with E-state index >= 15 is 0 Å². The van der Waals surface area contributed by atoms with Gasteiger partial charge in [-0.2, -0.15) is 0 Å². The lowest BCUT2D eigenvalue weighted by Gasteiger charge is -2.13. The molecule has 0 radical (unpaired) electrons. The van der Waals surface area contributed by atoms with E-state index in [1.165, 1.54) is 6.42 Å². The summed E-state index contributed by atoms with van der Waals surface area (Å²) in [7, 11) is 0. The summed E-state index contributed by atoms with van der Waals surface area (Å²) in [6.45, 7) is 4.31. The van der Waals surface area contributed by atoms with Gasteiger partial charge in [0.15, 0.2) is 0 Å². The Bertz CT molecular complexity index is 560. The highest BCUT2D eigenvalue weighted by Crippen LogP contribution is 2.23. The average Bonchev–Trinajstić information content (AvgIpc) is 2.79. The summed E-state index contributed by atoms with van der Waals surface area (Å²) in [5, 5.41) is 9.12. The summed E-state index contributed by atoms with van der Waals surface area (Å²) in [5.74, 6) is -0.924. The molecule has 0 amide bonds. The van der Waals surface area contributed by atoms with E-state index in [1.807, 2.05) is 6.07 Å². The lowest BCUT2D eigenvalue weighted by atomic mass is 10.1. The van der Waals surface area contributed by atoms with Crippen molar-refractivity contribution in [2.75, 3.05) is 0 Å². The van der Waals surface area contributed by atoms with Crippen molar-refractivity contribution in [1.29, 1.82) is 0 Å². The smallest absolute Gasteiger partial charge is 0.337 e. The van der Waals surface area contributed by atoms with Gasteiger partial charge in [-0.05, 0) is 25.5 Å². The van der Waals surface area contributed by atoms with Gasteiger partial charge in [-0.3, -0.25) is 0 Å². The van der Waals surface area contributed by atoms with Gasteiger partial charge >= 0.3 is 5.97 Å². The zero-order valence-corrected chi connectivity index (χ0v) is 10.8. The first-order chi connectivity index (χ1) is 8.65. The topological polar surface area (TPSA) is 55.1 Å². The molecule has 0 fully saturated rings. The van der Waals surface area contributed by atoms with Gasteiger partial charge in [0, 0.05) is 6.04 Å². The number of carboxylic acids is 1. The first kappa shape index (κ1) is 12.6. The van der Waals surface area contributed by atoms with Gasteiger partial charge in [0.2, 0.25) is 0 Å². The Morgan fingerprint density at radius 1 is 1.50 bits per heavy atom. The van der Waals surface area contributed by atoms with Gasteiger partial charge in [0.1, 0.15) is 5.52 Å². The molecule has 4 nitrogen and oxygen atoms in total. The second-order valence-electron chi connectivity index (χ2n) is 4.62. The third-order valence-electron chi connectivity index (χ3n) is 3.28. The molecule has 0 spiro atoms. The van der Waals surface area contributed by atoms with E-state index in [1.54, 1.807) is 18.5 Å². The summed E-state index contributed by atoms with van der Waals surface area (Å²) < 4.78 is 2.07. The van der Waals surface area contributed by atoms with Crippen LogP contribution in [0.1, 0.15) is 49.5 Å². The minimum Gasteiger partial charge on any atom is -0.478 e. The molecule has 0 saturated carbocycles. The Balaban J connectivity index is 2.42. The number of benzene rings is 1. The number of carbonyl (C=O) groups is 1. The van der Waals surface area contributed by atoms with Crippen LogP contribution in [-0.4, -0.2) is 20.6 Å². The molecule has 1 unspecified atom stereocenters. The molecule has 2 rings (SSSR count). The molecule has 1 N–H and O–H groups in total. The molecule has 1 atom stereocenters. The number of hydrogen-bond donors (Lipinski definition) is 1. The van der Waals surface area contributed by atoms with E-state index in [0.717, 1.165) is 18.4 Å². The number of nitrogens with zero attached hydrogens (tertiary/aromatic N) is 2. The quantitative estimate of drug-likeness (QED) is 0.878. The second kappa shape index (κ2) is 5.21. The molecule has 0 aliphatic carbocycles. The summed E-state index contributed by atoms with van der Waals surface area (Å²) >= 11 is 0. The van der Waals surface area contributed by atoms with Gasteiger partial charge in [0.25, 0.3) is 0 Å². The number of aromatic carboxylic acids is 1. The zero-order chi connectivity index (χ0) is 13.1. The second-order valence-corrected chi connectivity index (χ2v) is 4.62. The summed E-state index contributed by atoms with van der Waals surface area (Å²) in [5.41, 5.74) is 1.75. The van der Waals surface area contributed by atoms with Crippen LogP contribution in [0.4, 0.5) is 0 Å². The van der Waals surface area contributed by atoms with Crippen molar-refractivity contribution < 1.29 is 9.90 Å². The maximum atomic E-state index is 11.1. The highest BCUT2D eigenvalue weighted by Gasteiger charge is 2.14. The van der Waals surface area contributed by atoms with Crippen LogP contribution in [0.3, 0.4) is 0 Å². The predicted octanol–water partition coefficient (Wildman–Crippen LogP) is 3.49. The average molecular weight is 246 g/mol. The third kappa shape index (κ3) is 2.23. The lowest BCUT2D eigenvalue weighted by Crippen LogP contribution is -2.04. The number of aromatic nitrogens is 2. The minimum absolute atomic E-state index is 0.272. The molecule has 0 aliphatic rings. The van der Waals surface area contributed by atoms with E-state index in [0.29, 0.717) is 11.6 Å². The van der Waals surface area contributed by atoms with Gasteiger partial charge in [0.05, 0.1) is 17.4 Å². The molecule has 4 heteroatoms. The molecule has 1 aromatic heterocycles. The standard InChI is InChI=1S/C14H18N2O2/c1-3-4-6-10(2)16-9-15-13-11(14(17)18)7-5-8-12(13)16/h5,7-10H,3-4,6H2,1-2H3,(H,17,18). The first-order valence-corrected chi connectivity index (χ1v) is 6.34. The fourth-order valence-corrected chi connectivity index (χ4v) is 2.22. The molecule has 96 valence electrons. The van der Waals surface area contributed by atoms with Gasteiger partial charge in [-0.15, -0.1) is 0 Å². The zero-order valence-electron chi connectivity index (χ0n) is 10.8. The number of carboxylic acid groups (broad SMARTS) is 1. The number of fused-ring (bicyclic) bond motifs is 1. The van der Waals surface area contributed by atoms with E-state index in [4.69, 9.17) is 5.11 Å². The van der Waals surface area contributed by atoms with Crippen LogP contribution in [0.25, 0.3) is 11.0 Å². The van der Waals surface area contributed by atoms with Crippen molar-refractivity contribution in [3.8, 4) is 0 Å². The molecular weight excluding hydrogens is 228 g/mol. The Kier molecular flexibility index (Phi) is 3.65. The molecule has 0 saturated heterocycles. The van der Waals surface area contributed by atoms with Crippen molar-refractivity contribution in [2.24, 2.45) is 0 Å². The van der Waals surface area contributed by atoms with Gasteiger partial charge in [-0.1, -0.05) is 25.8 Å². The molecule has 2 aromatic rings. The monoisotopic (exact) mass is 246 g/mol. The summed E-state index contributed by atoms with van der Waals surface area (Å²) in [6.07, 6.45) is 5.16. The molecule has 1 heterocycles. The minimum atomic E-state index is -0.924. The number of rotatable bonds is 5.